The van der Waals surface area contributed by atoms with E-state index in [9.17, 15) is 18.0 Å². The number of benzene rings is 1. The molecular weight excluding hydrogens is 446 g/mol. The van der Waals surface area contributed by atoms with E-state index in [1.54, 1.807) is 11.3 Å². The van der Waals surface area contributed by atoms with E-state index in [1.807, 2.05) is 5.38 Å². The molecule has 10 heteroatoms. The average Bonchev–Trinajstić information content (AvgIpc) is 3.31. The highest BCUT2D eigenvalue weighted by Gasteiger charge is 2.32. The van der Waals surface area contributed by atoms with E-state index < -0.39 is 15.8 Å². The minimum absolute atomic E-state index is 0.0144. The summed E-state index contributed by atoms with van der Waals surface area (Å²) in [5.74, 6) is -0.477. The Balaban J connectivity index is 1.60. The van der Waals surface area contributed by atoms with Crippen molar-refractivity contribution >= 4 is 44.7 Å². The second kappa shape index (κ2) is 7.64. The van der Waals surface area contributed by atoms with Crippen molar-refractivity contribution in [1.82, 2.24) is 14.3 Å². The molecule has 0 unspecified atom stereocenters. The number of rotatable bonds is 4. The van der Waals surface area contributed by atoms with E-state index in [1.165, 1.54) is 30.5 Å². The van der Waals surface area contributed by atoms with Crippen molar-refractivity contribution in [2.24, 2.45) is 0 Å². The fourth-order valence-electron chi connectivity index (χ4n) is 3.26. The fraction of sp³-hybridized carbons (Fsp3) is 0.250. The first kappa shape index (κ1) is 20.8. The summed E-state index contributed by atoms with van der Waals surface area (Å²) < 4.78 is 26.8. The number of hydrogen-bond donors (Lipinski definition) is 1. The first-order chi connectivity index (χ1) is 14.2. The fourth-order valence-corrected chi connectivity index (χ4v) is 5.98. The predicted molar refractivity (Wildman–Crippen MR) is 114 cm³/mol. The maximum Gasteiger partial charge on any atom is 0.268 e. The molecule has 0 saturated carbocycles. The van der Waals surface area contributed by atoms with Crippen molar-refractivity contribution in [2.45, 2.75) is 37.6 Å². The maximum absolute atomic E-state index is 13.0. The molecule has 1 aliphatic heterocycles. The Morgan fingerprint density at radius 3 is 2.80 bits per heavy atom. The molecule has 1 aromatic carbocycles. The molecule has 0 spiro atoms. The third-order valence-electron chi connectivity index (χ3n) is 4.77. The number of thiazole rings is 1. The van der Waals surface area contributed by atoms with E-state index in [0.29, 0.717) is 5.92 Å². The molecule has 4 rings (SSSR count). The average molecular weight is 464 g/mol. The summed E-state index contributed by atoms with van der Waals surface area (Å²) >= 11 is 7.56. The van der Waals surface area contributed by atoms with Gasteiger partial charge in [-0.3, -0.25) is 9.59 Å². The van der Waals surface area contributed by atoms with Crippen LogP contribution in [0.1, 0.15) is 56.9 Å². The molecule has 1 N–H and O–H groups in total. The largest absolute Gasteiger partial charge is 0.346 e. The molecule has 0 saturated heterocycles. The third kappa shape index (κ3) is 3.57. The lowest BCUT2D eigenvalue weighted by Crippen LogP contribution is -2.23. The van der Waals surface area contributed by atoms with Gasteiger partial charge in [0.25, 0.3) is 15.9 Å². The van der Waals surface area contributed by atoms with E-state index in [4.69, 9.17) is 11.6 Å². The minimum Gasteiger partial charge on any atom is -0.346 e. The Kier molecular flexibility index (Phi) is 5.29. The highest BCUT2D eigenvalue weighted by atomic mass is 35.5. The highest BCUT2D eigenvalue weighted by molar-refractivity contribution is 7.90. The lowest BCUT2D eigenvalue weighted by Gasteiger charge is -2.10. The Bertz CT molecular complexity index is 1270. The summed E-state index contributed by atoms with van der Waals surface area (Å²) in [6, 6.07) is 5.62. The van der Waals surface area contributed by atoms with Crippen LogP contribution in [0.25, 0.3) is 0 Å². The molecule has 0 atom stereocenters. The van der Waals surface area contributed by atoms with Crippen LogP contribution in [0.2, 0.25) is 5.02 Å². The number of nitrogens with zero attached hydrogens (tertiary/aromatic N) is 2. The molecule has 7 nitrogen and oxygen atoms in total. The molecule has 0 fully saturated rings. The van der Waals surface area contributed by atoms with Crippen LogP contribution in [0.5, 0.6) is 0 Å². The first-order valence-corrected chi connectivity index (χ1v) is 11.9. The zero-order valence-corrected chi connectivity index (χ0v) is 18.6. The first-order valence-electron chi connectivity index (χ1n) is 9.19. The van der Waals surface area contributed by atoms with Crippen LogP contribution in [0.4, 0.5) is 0 Å². The van der Waals surface area contributed by atoms with Gasteiger partial charge in [-0.1, -0.05) is 25.4 Å². The van der Waals surface area contributed by atoms with Crippen LogP contribution < -0.4 is 5.32 Å². The third-order valence-corrected chi connectivity index (χ3v) is 8.05. The predicted octanol–water partition coefficient (Wildman–Crippen LogP) is 3.63. The number of ketones is 1. The molecule has 0 bridgehead atoms. The number of amides is 1. The summed E-state index contributed by atoms with van der Waals surface area (Å²) in [5, 5.41) is 5.76. The standard InChI is InChI=1S/C20H18ClN3O4S2/c1-11(2)20-23-14(10-29-20)9-22-19(26)12-3-4-17-13(7-12)8-16(25)18-15(21)5-6-24(18)30(17,27)28/h3-7,10-11H,8-9H2,1-2H3,(H,22,26). The van der Waals surface area contributed by atoms with Crippen molar-refractivity contribution < 1.29 is 18.0 Å². The molecule has 1 aliphatic rings. The van der Waals surface area contributed by atoms with Gasteiger partial charge < -0.3 is 5.32 Å². The van der Waals surface area contributed by atoms with Gasteiger partial charge >= 0.3 is 0 Å². The summed E-state index contributed by atoms with van der Waals surface area (Å²) in [6.45, 7) is 4.36. The van der Waals surface area contributed by atoms with Gasteiger partial charge in [-0.05, 0) is 29.8 Å². The molecule has 3 heterocycles. The Morgan fingerprint density at radius 2 is 2.10 bits per heavy atom. The molecular formula is C20H18ClN3O4S2. The van der Waals surface area contributed by atoms with E-state index >= 15 is 0 Å². The smallest absolute Gasteiger partial charge is 0.268 e. The highest BCUT2D eigenvalue weighted by Crippen LogP contribution is 2.31. The number of hydrogen-bond acceptors (Lipinski definition) is 6. The van der Waals surface area contributed by atoms with Gasteiger partial charge in [-0.2, -0.15) is 0 Å². The summed E-state index contributed by atoms with van der Waals surface area (Å²) in [5.41, 5.74) is 1.24. The molecule has 156 valence electrons. The van der Waals surface area contributed by atoms with Crippen molar-refractivity contribution in [2.75, 3.05) is 0 Å². The monoisotopic (exact) mass is 463 g/mol. The lowest BCUT2D eigenvalue weighted by atomic mass is 10.0. The minimum atomic E-state index is -3.98. The number of halogens is 1. The lowest BCUT2D eigenvalue weighted by molar-refractivity contribution is 0.0947. The van der Waals surface area contributed by atoms with Crippen LogP contribution >= 0.6 is 22.9 Å². The summed E-state index contributed by atoms with van der Waals surface area (Å²) in [6.07, 6.45) is 1.10. The number of carbonyl (C=O) groups is 2. The molecule has 3 aromatic rings. The topological polar surface area (TPSA) is 98.1 Å². The molecule has 1 amide bonds. The van der Waals surface area contributed by atoms with Gasteiger partial charge in [0.1, 0.15) is 5.69 Å². The van der Waals surface area contributed by atoms with Gasteiger partial charge in [0.15, 0.2) is 5.78 Å². The van der Waals surface area contributed by atoms with Crippen molar-refractivity contribution in [3.05, 3.63) is 68.4 Å². The molecule has 30 heavy (non-hydrogen) atoms. The zero-order chi connectivity index (χ0) is 21.6. The van der Waals surface area contributed by atoms with E-state index in [0.717, 1.165) is 14.7 Å². The summed E-state index contributed by atoms with van der Waals surface area (Å²) in [7, 11) is -3.98. The van der Waals surface area contributed by atoms with Crippen molar-refractivity contribution in [3.63, 3.8) is 0 Å². The number of carbonyl (C=O) groups excluding carboxylic acids is 2. The van der Waals surface area contributed by atoms with Crippen molar-refractivity contribution in [3.8, 4) is 0 Å². The zero-order valence-electron chi connectivity index (χ0n) is 16.2. The SMILES string of the molecule is CC(C)c1nc(CNC(=O)c2ccc3c(c2)CC(=O)c2c(Cl)ccn2S3(=O)=O)cs1. The van der Waals surface area contributed by atoms with Gasteiger partial charge in [0.05, 0.1) is 27.2 Å². The van der Waals surface area contributed by atoms with Gasteiger partial charge in [-0.15, -0.1) is 11.3 Å². The van der Waals surface area contributed by atoms with Gasteiger partial charge in [-0.25, -0.2) is 17.4 Å². The molecule has 2 aromatic heterocycles. The van der Waals surface area contributed by atoms with Crippen LogP contribution in [0, 0.1) is 0 Å². The number of nitrogens with one attached hydrogen (secondary N) is 1. The number of aromatic nitrogens is 2. The van der Waals surface area contributed by atoms with Crippen LogP contribution in [0.15, 0.2) is 40.7 Å². The van der Waals surface area contributed by atoms with Crippen LogP contribution in [0.3, 0.4) is 0 Å². The molecule has 0 aliphatic carbocycles. The summed E-state index contributed by atoms with van der Waals surface area (Å²) in [4.78, 5) is 29.7. The Hall–Kier alpha value is -2.49. The van der Waals surface area contributed by atoms with Crippen LogP contribution in [-0.2, 0) is 23.0 Å². The maximum atomic E-state index is 13.0. The van der Waals surface area contributed by atoms with Gasteiger partial charge in [0, 0.05) is 29.5 Å². The van der Waals surface area contributed by atoms with Crippen LogP contribution in [-0.4, -0.2) is 29.1 Å². The second-order valence-corrected chi connectivity index (χ2v) is 10.3. The quantitative estimate of drug-likeness (QED) is 0.637. The van der Waals surface area contributed by atoms with E-state index in [2.05, 4.69) is 24.1 Å². The Morgan fingerprint density at radius 1 is 1.33 bits per heavy atom. The molecule has 0 radical (unpaired) electrons. The van der Waals surface area contributed by atoms with E-state index in [-0.39, 0.29) is 45.6 Å². The second-order valence-electron chi connectivity index (χ2n) is 7.25. The number of Topliss-reactive ketones (excluding diaryl/α,β-unsaturated/α-hetero) is 1. The normalized spacial score (nSPS) is 14.9. The number of fused-ring (bicyclic) bond motifs is 2. The van der Waals surface area contributed by atoms with Crippen molar-refractivity contribution in [1.29, 1.82) is 0 Å². The van der Waals surface area contributed by atoms with Gasteiger partial charge in [0.2, 0.25) is 0 Å². The Labute approximate surface area is 182 Å².